The molecule has 0 heterocycles. The van der Waals surface area contributed by atoms with Gasteiger partial charge in [-0.1, -0.05) is 66.2 Å². The summed E-state index contributed by atoms with van der Waals surface area (Å²) in [6, 6.07) is 6.64. The molecule has 1 aromatic rings. The third-order valence-electron chi connectivity index (χ3n) is 2.62. The highest BCUT2D eigenvalue weighted by atomic mass is 127. The minimum absolute atomic E-state index is 0.0269. The van der Waals surface area contributed by atoms with E-state index in [0.717, 1.165) is 0 Å². The molecular weight excluding hydrogens is 375 g/mol. The van der Waals surface area contributed by atoms with Crippen molar-refractivity contribution in [3.63, 3.8) is 0 Å². The Bertz CT molecular complexity index is 431. The van der Waals surface area contributed by atoms with Gasteiger partial charge in [-0.3, -0.25) is 9.59 Å². The minimum atomic E-state index is -0.0510. The Labute approximate surface area is 143 Å². The van der Waals surface area contributed by atoms with E-state index < -0.39 is 0 Å². The van der Waals surface area contributed by atoms with Gasteiger partial charge in [0.05, 0.1) is 0 Å². The number of carbonyl (C=O) groups is 2. The zero-order chi connectivity index (χ0) is 16.8. The summed E-state index contributed by atoms with van der Waals surface area (Å²) in [4.78, 5) is 22.7. The van der Waals surface area contributed by atoms with Gasteiger partial charge in [0.15, 0.2) is 5.78 Å². The zero-order valence-corrected chi connectivity index (χ0v) is 16.0. The van der Waals surface area contributed by atoms with E-state index in [1.165, 1.54) is 12.8 Å². The highest BCUT2D eigenvalue weighted by Crippen LogP contribution is 2.12. The fourth-order valence-corrected chi connectivity index (χ4v) is 1.48. The smallest absolute Gasteiger partial charge is 0.222 e. The van der Waals surface area contributed by atoms with Crippen LogP contribution in [0.1, 0.15) is 74.6 Å². The number of ketones is 1. The van der Waals surface area contributed by atoms with Crippen molar-refractivity contribution in [3.8, 4) is 0 Å². The van der Waals surface area contributed by atoms with Gasteiger partial charge in [-0.05, 0) is 24.1 Å². The molecule has 0 aliphatic rings. The molecule has 0 aliphatic carbocycles. The van der Waals surface area contributed by atoms with Crippen LogP contribution < -0.4 is 0 Å². The molecule has 2 nitrogen and oxygen atoms in total. The van der Waals surface area contributed by atoms with E-state index in [1.807, 2.05) is 20.8 Å². The van der Waals surface area contributed by atoms with Gasteiger partial charge in [-0.2, -0.15) is 0 Å². The number of rotatable bonds is 5. The lowest BCUT2D eigenvalue weighted by Gasteiger charge is -2.02. The van der Waals surface area contributed by atoms with Crippen LogP contribution in [0.5, 0.6) is 0 Å². The molecule has 118 valence electrons. The molecule has 1 aromatic carbocycles. The second-order valence-corrected chi connectivity index (χ2v) is 5.12. The van der Waals surface area contributed by atoms with E-state index in [-0.39, 0.29) is 9.57 Å². The Kier molecular flexibility index (Phi) is 14.9. The van der Waals surface area contributed by atoms with Crippen molar-refractivity contribution in [1.29, 1.82) is 0 Å². The first kappa shape index (κ1) is 22.3. The van der Waals surface area contributed by atoms with E-state index in [4.69, 9.17) is 0 Å². The van der Waals surface area contributed by atoms with Gasteiger partial charge >= 0.3 is 0 Å². The average Bonchev–Trinajstić information content (AvgIpc) is 2.55. The summed E-state index contributed by atoms with van der Waals surface area (Å²) >= 11 is 1.72. The lowest BCUT2D eigenvalue weighted by molar-refractivity contribution is 0.103. The monoisotopic (exact) mass is 402 g/mol. The topological polar surface area (TPSA) is 34.1 Å². The van der Waals surface area contributed by atoms with E-state index >= 15 is 0 Å². The summed E-state index contributed by atoms with van der Waals surface area (Å²) in [6.45, 7) is 13.9. The van der Waals surface area contributed by atoms with Crippen LogP contribution in [0.25, 0.3) is 0 Å². The number of carbonyl (C=O) groups excluding carboxylic acids is 2. The van der Waals surface area contributed by atoms with Crippen molar-refractivity contribution in [2.75, 3.05) is 0 Å². The summed E-state index contributed by atoms with van der Waals surface area (Å²) in [5.74, 6) is -0.0510. The summed E-state index contributed by atoms with van der Waals surface area (Å²) in [6.07, 6.45) is 3.28. The van der Waals surface area contributed by atoms with Gasteiger partial charge in [0.2, 0.25) is 3.79 Å². The summed E-state index contributed by atoms with van der Waals surface area (Å²) in [5, 5.41) is 0. The van der Waals surface area contributed by atoms with E-state index in [0.29, 0.717) is 23.1 Å². The average molecular weight is 402 g/mol. The number of halogens is 1. The fourth-order valence-electron chi connectivity index (χ4n) is 1.12. The third kappa shape index (κ3) is 9.56. The Morgan fingerprint density at radius 3 is 1.62 bits per heavy atom. The van der Waals surface area contributed by atoms with Crippen LogP contribution in [0, 0.1) is 0 Å². The Hall–Kier alpha value is -0.970. The summed E-state index contributed by atoms with van der Waals surface area (Å²) in [5.41, 5.74) is 1.78. The number of hydrogen-bond acceptors (Lipinski definition) is 2. The standard InChI is InChI=1S/C12H11IO2.C4H10.C2H6/c1-3-8(2)11(14)9-4-6-10(7-5-9)12(13)15;1-3-4-2;1-2/h4-7H,2-3H2,1H3;3-4H2,1-2H3;1-2H3. The van der Waals surface area contributed by atoms with Crippen LogP contribution in [0.2, 0.25) is 0 Å². The van der Waals surface area contributed by atoms with Crippen LogP contribution in [0.3, 0.4) is 0 Å². The molecule has 1 rings (SSSR count). The molecule has 0 saturated carbocycles. The molecule has 0 atom stereocenters. The second kappa shape index (κ2) is 14.0. The number of unbranched alkanes of at least 4 members (excludes halogenated alkanes) is 1. The lowest BCUT2D eigenvalue weighted by Crippen LogP contribution is -2.01. The first-order valence-corrected chi connectivity index (χ1v) is 8.58. The van der Waals surface area contributed by atoms with Gasteiger partial charge in [-0.15, -0.1) is 0 Å². The van der Waals surface area contributed by atoms with Crippen LogP contribution >= 0.6 is 22.6 Å². The van der Waals surface area contributed by atoms with Crippen molar-refractivity contribution in [2.24, 2.45) is 0 Å². The van der Waals surface area contributed by atoms with E-state index in [1.54, 1.807) is 46.9 Å². The maximum absolute atomic E-state index is 11.7. The van der Waals surface area contributed by atoms with E-state index in [9.17, 15) is 9.59 Å². The van der Waals surface area contributed by atoms with Crippen molar-refractivity contribution in [1.82, 2.24) is 0 Å². The molecule has 0 aliphatic heterocycles. The SMILES string of the molecule is C=C(CC)C(=O)c1ccc(C(=O)I)cc1.CC.CCCC. The Balaban J connectivity index is 0. The Morgan fingerprint density at radius 2 is 1.33 bits per heavy atom. The molecule has 0 aromatic heterocycles. The highest BCUT2D eigenvalue weighted by molar-refractivity contribution is 14.1. The maximum Gasteiger partial charge on any atom is 0.222 e. The van der Waals surface area contributed by atoms with Crippen LogP contribution in [-0.2, 0) is 0 Å². The van der Waals surface area contributed by atoms with Crippen molar-refractivity contribution >= 4 is 32.2 Å². The van der Waals surface area contributed by atoms with Crippen LogP contribution in [0.4, 0.5) is 0 Å². The summed E-state index contributed by atoms with van der Waals surface area (Å²) in [7, 11) is 0. The van der Waals surface area contributed by atoms with Gasteiger partial charge < -0.3 is 0 Å². The Morgan fingerprint density at radius 1 is 0.952 bits per heavy atom. The van der Waals surface area contributed by atoms with E-state index in [2.05, 4.69) is 20.4 Å². The minimum Gasteiger partial charge on any atom is -0.289 e. The predicted molar refractivity (Wildman–Crippen MR) is 100 cm³/mol. The first-order valence-electron chi connectivity index (χ1n) is 7.50. The van der Waals surface area contributed by atoms with Crippen LogP contribution in [0.15, 0.2) is 36.4 Å². The molecular formula is C18H27IO2. The second-order valence-electron chi connectivity index (χ2n) is 4.14. The van der Waals surface area contributed by atoms with Gasteiger partial charge in [0.25, 0.3) is 0 Å². The fraction of sp³-hybridized carbons (Fsp3) is 0.444. The van der Waals surface area contributed by atoms with Gasteiger partial charge in [-0.25, -0.2) is 0 Å². The summed E-state index contributed by atoms with van der Waals surface area (Å²) < 4.78 is -0.0269. The van der Waals surface area contributed by atoms with Gasteiger partial charge in [0, 0.05) is 33.7 Å². The molecule has 0 fully saturated rings. The van der Waals surface area contributed by atoms with Crippen molar-refractivity contribution in [2.45, 2.75) is 53.9 Å². The normalized spacial score (nSPS) is 8.67. The molecule has 0 spiro atoms. The lowest BCUT2D eigenvalue weighted by atomic mass is 10.0. The molecule has 0 unspecified atom stereocenters. The van der Waals surface area contributed by atoms with Crippen LogP contribution in [-0.4, -0.2) is 9.57 Å². The zero-order valence-electron chi connectivity index (χ0n) is 13.8. The molecule has 0 bridgehead atoms. The van der Waals surface area contributed by atoms with Crippen molar-refractivity contribution < 1.29 is 9.59 Å². The number of hydrogen-bond donors (Lipinski definition) is 0. The number of Topliss-reactive ketones (excluding diaryl/α,β-unsaturated/α-hetero) is 1. The molecule has 0 amide bonds. The van der Waals surface area contributed by atoms with Crippen molar-refractivity contribution in [3.05, 3.63) is 47.5 Å². The molecule has 0 radical (unpaired) electrons. The molecule has 0 saturated heterocycles. The molecule has 0 N–H and O–H groups in total. The molecule has 21 heavy (non-hydrogen) atoms. The van der Waals surface area contributed by atoms with Gasteiger partial charge in [0.1, 0.15) is 0 Å². The largest absolute Gasteiger partial charge is 0.289 e. The quantitative estimate of drug-likeness (QED) is 0.253. The number of allylic oxidation sites excluding steroid dienone is 1. The first-order chi connectivity index (χ1) is 9.97. The maximum atomic E-state index is 11.7. The number of benzene rings is 1. The molecule has 3 heteroatoms. The highest BCUT2D eigenvalue weighted by Gasteiger charge is 2.09. The third-order valence-corrected chi connectivity index (χ3v) is 3.24. The predicted octanol–water partition coefficient (Wildman–Crippen LogP) is 6.24.